The Kier molecular flexibility index (Phi) is 11.7. The van der Waals surface area contributed by atoms with Gasteiger partial charge in [0.1, 0.15) is 0 Å². The maximum absolute atomic E-state index is 2.68. The summed E-state index contributed by atoms with van der Waals surface area (Å²) in [6.07, 6.45) is 0. The van der Waals surface area contributed by atoms with Crippen molar-refractivity contribution in [1.29, 1.82) is 0 Å². The molecule has 4 aliphatic rings. The maximum Gasteiger partial charge on any atom is 0.249 e. The van der Waals surface area contributed by atoms with Crippen LogP contribution in [-0.4, -0.2) is 13.4 Å². The van der Waals surface area contributed by atoms with E-state index in [1.54, 1.807) is 0 Å². The maximum atomic E-state index is 2.68. The fourth-order valence-corrected chi connectivity index (χ4v) is 16.4. The van der Waals surface area contributed by atoms with Crippen molar-refractivity contribution in [2.24, 2.45) is 0 Å². The van der Waals surface area contributed by atoms with E-state index < -0.39 is 0 Å². The molecule has 0 atom stereocenters. The molecule has 0 aliphatic carbocycles. The monoisotopic (exact) mass is 1100 g/mol. The number of fused-ring (bicyclic) bond motifs is 8. The van der Waals surface area contributed by atoms with Gasteiger partial charge in [0.25, 0.3) is 0 Å². The topological polar surface area (TPSA) is 6.48 Å². The normalized spacial score (nSPS) is 13.0. The van der Waals surface area contributed by atoms with Crippen molar-refractivity contribution in [2.75, 3.05) is 9.80 Å². The summed E-state index contributed by atoms with van der Waals surface area (Å²) >= 11 is 3.86. The number of hydrogen-bond donors (Lipinski definition) is 0. The Labute approximate surface area is 500 Å². The number of anilines is 6. The van der Waals surface area contributed by atoms with Crippen LogP contribution in [-0.2, 0) is 0 Å². The zero-order chi connectivity index (χ0) is 55.2. The van der Waals surface area contributed by atoms with E-state index in [9.17, 15) is 0 Å². The van der Waals surface area contributed by atoms with Gasteiger partial charge in [-0.2, -0.15) is 0 Å². The molecule has 0 aromatic heterocycles. The summed E-state index contributed by atoms with van der Waals surface area (Å²) in [5.41, 5.74) is 29.4. The van der Waals surface area contributed by atoms with Crippen LogP contribution in [0.4, 0.5) is 34.1 Å². The van der Waals surface area contributed by atoms with E-state index in [4.69, 9.17) is 0 Å². The molecule has 390 valence electrons. The predicted molar refractivity (Wildman–Crippen MR) is 359 cm³/mol. The third kappa shape index (κ3) is 7.85. The molecular weight excluding hydrogens is 1050 g/mol. The van der Waals surface area contributed by atoms with E-state index in [1.165, 1.54) is 153 Å². The lowest BCUT2D eigenvalue weighted by Gasteiger charge is -2.44. The van der Waals surface area contributed by atoms with Gasteiger partial charge in [-0.25, -0.2) is 0 Å². The Bertz CT molecular complexity index is 4620. The molecule has 4 heterocycles. The lowest BCUT2D eigenvalue weighted by molar-refractivity contribution is 1.25. The summed E-state index contributed by atoms with van der Waals surface area (Å²) in [6, 6.07) is 113. The van der Waals surface area contributed by atoms with Gasteiger partial charge in [0.15, 0.2) is 0 Å². The molecule has 0 unspecified atom stereocenters. The first kappa shape index (κ1) is 48.9. The van der Waals surface area contributed by atoms with E-state index >= 15 is 0 Å². The highest BCUT2D eigenvalue weighted by molar-refractivity contribution is 8.00. The summed E-state index contributed by atoms with van der Waals surface area (Å²) in [5.74, 6) is 0. The third-order valence-corrected chi connectivity index (χ3v) is 19.8. The lowest BCUT2D eigenvalue weighted by Crippen LogP contribution is -2.64. The van der Waals surface area contributed by atoms with Crippen LogP contribution in [0.25, 0.3) is 66.8 Å². The Morgan fingerprint density at radius 2 is 0.583 bits per heavy atom. The first-order chi connectivity index (χ1) is 41.7. The quantitative estimate of drug-likeness (QED) is 0.140. The van der Waals surface area contributed by atoms with E-state index in [-0.39, 0.29) is 13.4 Å². The number of rotatable bonds is 8. The van der Waals surface area contributed by atoms with Crippen molar-refractivity contribution >= 4 is 104 Å². The highest BCUT2D eigenvalue weighted by atomic mass is 32.2. The van der Waals surface area contributed by atoms with Gasteiger partial charge in [-0.3, -0.25) is 0 Å². The Hall–Kier alpha value is -9.71. The molecular formula is C78H50B2N2S2. The predicted octanol–water partition coefficient (Wildman–Crippen LogP) is 17.2. The standard InChI is InChI=1S/C78H50B2N2S2/c1-7-25-51(26-8-1)57-45-69-75-74(48-57)84-72-50-68-65(49-66(72)79(75)63-41-19-21-43-67(63)81(69)77-59(53-29-11-3-12-30-53)37-23-38-60(77)54-31-13-4-14-32-54)80-64-42-20-22-44-71(64)83-73-47-58(52-27-9-2-10-28-52)46-70(76(73)80)82(68)78-61(55-33-15-5-16-34-55)39-24-40-62(78)56-35-17-6-18-36-56/h1-50H. The minimum absolute atomic E-state index is 0.0364. The lowest BCUT2D eigenvalue weighted by atomic mass is 9.31. The van der Waals surface area contributed by atoms with Crippen LogP contribution in [0.5, 0.6) is 0 Å². The second-order valence-electron chi connectivity index (χ2n) is 22.2. The number of nitrogens with zero attached hydrogens (tertiary/aromatic N) is 2. The molecule has 0 fully saturated rings. The molecule has 0 spiro atoms. The Balaban J connectivity index is 0.974. The highest BCUT2D eigenvalue weighted by Crippen LogP contribution is 2.53. The molecule has 0 saturated carbocycles. The van der Waals surface area contributed by atoms with Gasteiger partial charge in [0, 0.05) is 64.6 Å². The van der Waals surface area contributed by atoms with Crippen molar-refractivity contribution < 1.29 is 0 Å². The summed E-state index contributed by atoms with van der Waals surface area (Å²) in [5, 5.41) is 0. The molecule has 2 nitrogen and oxygen atoms in total. The minimum Gasteiger partial charge on any atom is -0.310 e. The van der Waals surface area contributed by atoms with Gasteiger partial charge in [-0.05, 0) is 109 Å². The van der Waals surface area contributed by atoms with Gasteiger partial charge in [0.2, 0.25) is 13.4 Å². The van der Waals surface area contributed by atoms with Crippen LogP contribution < -0.4 is 42.6 Å². The number of para-hydroxylation sites is 3. The van der Waals surface area contributed by atoms with E-state index in [0.29, 0.717) is 0 Å². The van der Waals surface area contributed by atoms with Gasteiger partial charge < -0.3 is 9.80 Å². The SMILES string of the molecule is c1ccc(-c2cc3c4c(c2)N(c2c(-c5ccccc5)cccc2-c2ccccc2)c2ccccc2B4c2cc4c(cc2S3)N(c2c(-c3ccccc3)cccc2-c2ccccc2)c2cc(-c3ccccc3)cc3c2B4c2ccccc2S3)cc1. The third-order valence-electron chi connectivity index (χ3n) is 17.6. The van der Waals surface area contributed by atoms with Crippen LogP contribution in [0.3, 0.4) is 0 Å². The summed E-state index contributed by atoms with van der Waals surface area (Å²) in [6.45, 7) is -0.108. The first-order valence-electron chi connectivity index (χ1n) is 29.0. The van der Waals surface area contributed by atoms with Crippen molar-refractivity contribution in [2.45, 2.75) is 19.6 Å². The molecule has 13 aromatic carbocycles. The van der Waals surface area contributed by atoms with Crippen molar-refractivity contribution in [3.05, 3.63) is 303 Å². The fourth-order valence-electron chi connectivity index (χ4n) is 13.9. The van der Waals surface area contributed by atoms with Crippen LogP contribution in [0.2, 0.25) is 0 Å². The van der Waals surface area contributed by atoms with Crippen LogP contribution in [0.1, 0.15) is 0 Å². The van der Waals surface area contributed by atoms with Crippen molar-refractivity contribution in [1.82, 2.24) is 0 Å². The summed E-state index contributed by atoms with van der Waals surface area (Å²) in [4.78, 5) is 10.4. The van der Waals surface area contributed by atoms with Gasteiger partial charge >= 0.3 is 0 Å². The average Bonchev–Trinajstić information content (AvgIpc) is 0.974. The summed E-state index contributed by atoms with van der Waals surface area (Å²) in [7, 11) is 0. The Morgan fingerprint density at radius 1 is 0.214 bits per heavy atom. The highest BCUT2D eigenvalue weighted by Gasteiger charge is 2.47. The molecule has 0 radical (unpaired) electrons. The van der Waals surface area contributed by atoms with Gasteiger partial charge in [-0.15, -0.1) is 0 Å². The molecule has 6 heteroatoms. The summed E-state index contributed by atoms with van der Waals surface area (Å²) < 4.78 is 0. The number of benzene rings is 13. The fraction of sp³-hybridized carbons (Fsp3) is 0. The molecule has 84 heavy (non-hydrogen) atoms. The zero-order valence-electron chi connectivity index (χ0n) is 45.7. The average molecular weight is 1100 g/mol. The van der Waals surface area contributed by atoms with Crippen molar-refractivity contribution in [3.8, 4) is 66.8 Å². The second kappa shape index (κ2) is 20.0. The molecule has 13 aromatic rings. The smallest absolute Gasteiger partial charge is 0.249 e. The second-order valence-corrected chi connectivity index (χ2v) is 24.4. The van der Waals surface area contributed by atoms with Crippen LogP contribution in [0, 0.1) is 0 Å². The molecule has 0 bridgehead atoms. The van der Waals surface area contributed by atoms with Crippen LogP contribution in [0.15, 0.2) is 323 Å². The molecule has 17 rings (SSSR count). The molecule has 0 saturated heterocycles. The van der Waals surface area contributed by atoms with E-state index in [0.717, 1.165) is 0 Å². The molecule has 0 N–H and O–H groups in total. The number of hydrogen-bond acceptors (Lipinski definition) is 4. The van der Waals surface area contributed by atoms with Crippen molar-refractivity contribution in [3.63, 3.8) is 0 Å². The molecule has 4 aliphatic heterocycles. The molecule has 0 amide bonds. The minimum atomic E-state index is -0.0719. The Morgan fingerprint density at radius 3 is 1.05 bits per heavy atom. The first-order valence-corrected chi connectivity index (χ1v) is 30.6. The largest absolute Gasteiger partial charge is 0.310 e. The van der Waals surface area contributed by atoms with E-state index in [1.807, 2.05) is 23.5 Å². The zero-order valence-corrected chi connectivity index (χ0v) is 47.4. The van der Waals surface area contributed by atoms with E-state index in [2.05, 4.69) is 313 Å². The van der Waals surface area contributed by atoms with Gasteiger partial charge in [0.05, 0.1) is 11.4 Å². The van der Waals surface area contributed by atoms with Gasteiger partial charge in [-0.1, -0.05) is 295 Å². The van der Waals surface area contributed by atoms with Crippen LogP contribution >= 0.6 is 23.5 Å².